The Morgan fingerprint density at radius 1 is 1.60 bits per heavy atom. The Balaban J connectivity index is 2.41. The fourth-order valence-corrected chi connectivity index (χ4v) is 1.86. The number of nitrogens with zero attached hydrogens (tertiary/aromatic N) is 1. The number of ether oxygens (including phenoxy) is 1. The number of likely N-dealkylation sites (tertiary alicyclic amines) is 1. The quantitative estimate of drug-likeness (QED) is 0.780. The fourth-order valence-electron chi connectivity index (χ4n) is 1.86. The van der Waals surface area contributed by atoms with Crippen LogP contribution < -0.4 is 0 Å². The largest absolute Gasteiger partial charge is 0.443 e. The smallest absolute Gasteiger partial charge is 0.410 e. The number of β-amino-alcohol motifs (C(OH)–C–C–N with tert-alkyl or cyclic N) is 1. The van der Waals surface area contributed by atoms with Crippen LogP contribution in [0.3, 0.4) is 0 Å². The van der Waals surface area contributed by atoms with Crippen molar-refractivity contribution in [1.82, 2.24) is 4.90 Å². The van der Waals surface area contributed by atoms with E-state index in [1.807, 2.05) is 13.8 Å². The molecule has 0 saturated carbocycles. The van der Waals surface area contributed by atoms with E-state index in [2.05, 4.69) is 6.92 Å². The van der Waals surface area contributed by atoms with Crippen molar-refractivity contribution in [2.45, 2.75) is 51.7 Å². The molecule has 0 bridgehead atoms. The molecule has 1 atom stereocenters. The van der Waals surface area contributed by atoms with Gasteiger partial charge >= 0.3 is 6.09 Å². The summed E-state index contributed by atoms with van der Waals surface area (Å²) in [7, 11) is 0. The van der Waals surface area contributed by atoms with Crippen molar-refractivity contribution in [1.29, 1.82) is 0 Å². The molecular weight excluding hydrogens is 194 g/mol. The Bertz CT molecular complexity index is 228. The number of carbonyl (C=O) groups is 1. The molecule has 1 amide bonds. The van der Waals surface area contributed by atoms with Gasteiger partial charge in [0.05, 0.1) is 6.10 Å². The van der Waals surface area contributed by atoms with Gasteiger partial charge in [-0.25, -0.2) is 4.79 Å². The third kappa shape index (κ3) is 3.70. The van der Waals surface area contributed by atoms with Crippen LogP contribution >= 0.6 is 0 Å². The van der Waals surface area contributed by atoms with Crippen molar-refractivity contribution in [3.63, 3.8) is 0 Å². The molecule has 1 fully saturated rings. The SMILES string of the molecule is CCCC(C)(C)OC(=O)N1CCC(O)C1. The predicted octanol–water partition coefficient (Wildman–Crippen LogP) is 1.77. The third-order valence-electron chi connectivity index (χ3n) is 2.64. The lowest BCUT2D eigenvalue weighted by Crippen LogP contribution is -2.37. The first kappa shape index (κ1) is 12.3. The van der Waals surface area contributed by atoms with Gasteiger partial charge in [-0.1, -0.05) is 13.3 Å². The molecule has 0 aromatic rings. The second-order valence-electron chi connectivity index (χ2n) is 4.77. The van der Waals surface area contributed by atoms with Gasteiger partial charge in [-0.15, -0.1) is 0 Å². The molecule has 4 nitrogen and oxygen atoms in total. The fraction of sp³-hybridized carbons (Fsp3) is 0.909. The highest BCUT2D eigenvalue weighted by Crippen LogP contribution is 2.19. The molecule has 1 saturated heterocycles. The highest BCUT2D eigenvalue weighted by Gasteiger charge is 2.29. The van der Waals surface area contributed by atoms with E-state index >= 15 is 0 Å². The molecule has 1 aliphatic rings. The maximum atomic E-state index is 11.7. The number of hydrogen-bond acceptors (Lipinski definition) is 3. The number of amides is 1. The van der Waals surface area contributed by atoms with E-state index in [0.29, 0.717) is 19.5 Å². The van der Waals surface area contributed by atoms with Crippen LogP contribution in [0.2, 0.25) is 0 Å². The molecular formula is C11H21NO3. The van der Waals surface area contributed by atoms with Crippen LogP contribution in [0.4, 0.5) is 4.79 Å². The van der Waals surface area contributed by atoms with Crippen LogP contribution in [0.15, 0.2) is 0 Å². The summed E-state index contributed by atoms with van der Waals surface area (Å²) in [5.74, 6) is 0. The average Bonchev–Trinajstić information content (AvgIpc) is 2.50. The summed E-state index contributed by atoms with van der Waals surface area (Å²) < 4.78 is 5.39. The van der Waals surface area contributed by atoms with Crippen molar-refractivity contribution in [3.05, 3.63) is 0 Å². The predicted molar refractivity (Wildman–Crippen MR) is 57.7 cm³/mol. The monoisotopic (exact) mass is 215 g/mol. The summed E-state index contributed by atoms with van der Waals surface area (Å²) in [4.78, 5) is 13.2. The van der Waals surface area contributed by atoms with Gasteiger partial charge in [0.15, 0.2) is 0 Å². The Kier molecular flexibility index (Phi) is 3.97. The van der Waals surface area contributed by atoms with Crippen LogP contribution in [0.1, 0.15) is 40.0 Å². The van der Waals surface area contributed by atoms with Crippen LogP contribution in [0.25, 0.3) is 0 Å². The van der Waals surface area contributed by atoms with Gasteiger partial charge in [-0.3, -0.25) is 0 Å². The molecule has 0 spiro atoms. The normalized spacial score (nSPS) is 21.9. The standard InChI is InChI=1S/C11H21NO3/c1-4-6-11(2,3)15-10(14)12-7-5-9(13)8-12/h9,13H,4-8H2,1-3H3. The third-order valence-corrected chi connectivity index (χ3v) is 2.64. The minimum absolute atomic E-state index is 0.301. The highest BCUT2D eigenvalue weighted by atomic mass is 16.6. The molecule has 0 radical (unpaired) electrons. The molecule has 0 aromatic heterocycles. The molecule has 88 valence electrons. The molecule has 1 aliphatic heterocycles. The van der Waals surface area contributed by atoms with E-state index in [1.54, 1.807) is 4.90 Å². The first-order valence-corrected chi connectivity index (χ1v) is 5.60. The summed E-state index contributed by atoms with van der Waals surface area (Å²) in [6, 6.07) is 0. The molecule has 1 heterocycles. The zero-order valence-corrected chi connectivity index (χ0v) is 9.82. The van der Waals surface area contributed by atoms with Gasteiger partial charge in [0, 0.05) is 13.1 Å². The van der Waals surface area contributed by atoms with Crippen molar-refractivity contribution < 1.29 is 14.6 Å². The molecule has 15 heavy (non-hydrogen) atoms. The number of aliphatic hydroxyl groups is 1. The Morgan fingerprint density at radius 2 is 2.27 bits per heavy atom. The Morgan fingerprint density at radius 3 is 2.73 bits per heavy atom. The van der Waals surface area contributed by atoms with Crippen LogP contribution in [0.5, 0.6) is 0 Å². The van der Waals surface area contributed by atoms with E-state index in [4.69, 9.17) is 4.74 Å². The van der Waals surface area contributed by atoms with Crippen LogP contribution in [-0.4, -0.2) is 40.9 Å². The van der Waals surface area contributed by atoms with Crippen LogP contribution in [-0.2, 0) is 4.74 Å². The maximum Gasteiger partial charge on any atom is 0.410 e. The van der Waals surface area contributed by atoms with Crippen molar-refractivity contribution >= 4 is 6.09 Å². The second-order valence-corrected chi connectivity index (χ2v) is 4.77. The zero-order chi connectivity index (χ0) is 11.5. The van der Waals surface area contributed by atoms with Gasteiger partial charge in [0.1, 0.15) is 5.60 Å². The number of hydrogen-bond donors (Lipinski definition) is 1. The molecule has 0 aliphatic carbocycles. The Hall–Kier alpha value is -0.770. The number of rotatable bonds is 3. The summed E-state index contributed by atoms with van der Waals surface area (Å²) in [6.07, 6.45) is 1.82. The topological polar surface area (TPSA) is 49.8 Å². The van der Waals surface area contributed by atoms with E-state index in [-0.39, 0.29) is 12.2 Å². The average molecular weight is 215 g/mol. The minimum Gasteiger partial charge on any atom is -0.443 e. The Labute approximate surface area is 91.2 Å². The second kappa shape index (κ2) is 4.84. The van der Waals surface area contributed by atoms with Gasteiger partial charge in [0.25, 0.3) is 0 Å². The molecule has 1 rings (SSSR count). The minimum atomic E-state index is -0.403. The first-order chi connectivity index (χ1) is 6.94. The maximum absolute atomic E-state index is 11.7. The van der Waals surface area contributed by atoms with E-state index in [0.717, 1.165) is 12.8 Å². The summed E-state index contributed by atoms with van der Waals surface area (Å²) in [6.45, 7) is 6.90. The van der Waals surface area contributed by atoms with E-state index in [9.17, 15) is 9.90 Å². The lowest BCUT2D eigenvalue weighted by molar-refractivity contribution is 0.01000. The molecule has 1 N–H and O–H groups in total. The summed E-state index contributed by atoms with van der Waals surface area (Å²) in [5, 5.41) is 9.30. The van der Waals surface area contributed by atoms with Gasteiger partial charge in [0.2, 0.25) is 0 Å². The lowest BCUT2D eigenvalue weighted by atomic mass is 10.0. The summed E-state index contributed by atoms with van der Waals surface area (Å²) >= 11 is 0. The van der Waals surface area contributed by atoms with E-state index < -0.39 is 5.60 Å². The molecule has 0 aromatic carbocycles. The molecule has 1 unspecified atom stereocenters. The number of carbonyl (C=O) groups excluding carboxylic acids is 1. The van der Waals surface area contributed by atoms with Crippen molar-refractivity contribution in [2.24, 2.45) is 0 Å². The molecule has 4 heteroatoms. The van der Waals surface area contributed by atoms with Crippen LogP contribution in [0, 0.1) is 0 Å². The van der Waals surface area contributed by atoms with Crippen molar-refractivity contribution in [3.8, 4) is 0 Å². The highest BCUT2D eigenvalue weighted by molar-refractivity contribution is 5.68. The van der Waals surface area contributed by atoms with Gasteiger partial charge < -0.3 is 14.7 Å². The van der Waals surface area contributed by atoms with Gasteiger partial charge in [-0.05, 0) is 26.7 Å². The van der Waals surface area contributed by atoms with Gasteiger partial charge in [-0.2, -0.15) is 0 Å². The summed E-state index contributed by atoms with van der Waals surface area (Å²) in [5.41, 5.74) is -0.403. The number of aliphatic hydroxyl groups excluding tert-OH is 1. The van der Waals surface area contributed by atoms with Crippen molar-refractivity contribution in [2.75, 3.05) is 13.1 Å². The lowest BCUT2D eigenvalue weighted by Gasteiger charge is -2.27. The van der Waals surface area contributed by atoms with E-state index in [1.165, 1.54) is 0 Å². The first-order valence-electron chi connectivity index (χ1n) is 5.60. The zero-order valence-electron chi connectivity index (χ0n) is 9.82.